The van der Waals surface area contributed by atoms with E-state index in [0.29, 0.717) is 6.04 Å². The minimum Gasteiger partial charge on any atom is -0.327 e. The van der Waals surface area contributed by atoms with Crippen molar-refractivity contribution in [1.82, 2.24) is 4.90 Å². The summed E-state index contributed by atoms with van der Waals surface area (Å²) in [5.41, 5.74) is 7.70. The number of hydrogen-bond acceptors (Lipinski definition) is 2. The second-order valence-electron chi connectivity index (χ2n) is 5.84. The Labute approximate surface area is 135 Å². The van der Waals surface area contributed by atoms with Gasteiger partial charge in [0.25, 0.3) is 0 Å². The molecule has 2 fully saturated rings. The van der Waals surface area contributed by atoms with Gasteiger partial charge < -0.3 is 5.73 Å². The number of halogens is 2. The van der Waals surface area contributed by atoms with E-state index in [1.165, 1.54) is 41.5 Å². The number of hydrogen-bond donors (Lipinski definition) is 1. The second kappa shape index (κ2) is 6.74. The maximum absolute atomic E-state index is 6.27. The Morgan fingerprint density at radius 1 is 1.16 bits per heavy atom. The monoisotopic (exact) mass is 392 g/mol. The van der Waals surface area contributed by atoms with Gasteiger partial charge in [-0.3, -0.25) is 4.90 Å². The van der Waals surface area contributed by atoms with Gasteiger partial charge in [-0.15, -0.1) is 12.4 Å². The summed E-state index contributed by atoms with van der Waals surface area (Å²) in [4.78, 5) is 2.60. The molecule has 1 aliphatic heterocycles. The number of nitrogens with two attached hydrogens (primary N) is 1. The lowest BCUT2D eigenvalue weighted by atomic mass is 9.78. The molecule has 3 atom stereocenters. The number of likely N-dealkylation sites (tertiary alicyclic amines) is 1. The van der Waals surface area contributed by atoms with Crippen molar-refractivity contribution in [2.24, 2.45) is 17.6 Å². The highest BCUT2D eigenvalue weighted by molar-refractivity contribution is 14.1. The quantitative estimate of drug-likeness (QED) is 0.783. The molecular weight excluding hydrogens is 371 g/mol. The van der Waals surface area contributed by atoms with Gasteiger partial charge in [-0.25, -0.2) is 0 Å². The van der Waals surface area contributed by atoms with Gasteiger partial charge in [-0.05, 0) is 65.0 Å². The van der Waals surface area contributed by atoms with E-state index in [0.717, 1.165) is 18.4 Å². The molecule has 0 amide bonds. The Balaban J connectivity index is 0.00000133. The molecule has 2 N–H and O–H groups in total. The molecule has 3 unspecified atom stereocenters. The van der Waals surface area contributed by atoms with Crippen molar-refractivity contribution in [2.45, 2.75) is 31.8 Å². The van der Waals surface area contributed by atoms with Crippen LogP contribution in [0.3, 0.4) is 0 Å². The van der Waals surface area contributed by atoms with Gasteiger partial charge in [-0.1, -0.05) is 18.6 Å². The van der Waals surface area contributed by atoms with Crippen molar-refractivity contribution in [2.75, 3.05) is 13.1 Å². The highest BCUT2D eigenvalue weighted by Gasteiger charge is 2.38. The number of fused-ring (bicyclic) bond motifs is 1. The molecule has 19 heavy (non-hydrogen) atoms. The SMILES string of the molecule is Cl.NC1CCCC2CN(Cc3ccc(I)cc3)CC12. The van der Waals surface area contributed by atoms with E-state index in [4.69, 9.17) is 5.73 Å². The molecule has 0 spiro atoms. The predicted molar refractivity (Wildman–Crippen MR) is 90.5 cm³/mol. The first-order chi connectivity index (χ1) is 8.72. The minimum atomic E-state index is 0. The largest absolute Gasteiger partial charge is 0.327 e. The molecule has 1 saturated heterocycles. The van der Waals surface area contributed by atoms with Crippen molar-refractivity contribution < 1.29 is 0 Å². The molecule has 106 valence electrons. The van der Waals surface area contributed by atoms with Crippen LogP contribution in [0.4, 0.5) is 0 Å². The lowest BCUT2D eigenvalue weighted by molar-refractivity contribution is 0.259. The van der Waals surface area contributed by atoms with Crippen LogP contribution in [0.15, 0.2) is 24.3 Å². The van der Waals surface area contributed by atoms with Gasteiger partial charge in [-0.2, -0.15) is 0 Å². The fourth-order valence-electron chi connectivity index (χ4n) is 3.59. The molecule has 3 rings (SSSR count). The van der Waals surface area contributed by atoms with Gasteiger partial charge in [0, 0.05) is 29.2 Å². The average Bonchev–Trinajstić information content (AvgIpc) is 2.76. The molecule has 4 heteroatoms. The second-order valence-corrected chi connectivity index (χ2v) is 7.08. The van der Waals surface area contributed by atoms with Crippen molar-refractivity contribution in [1.29, 1.82) is 0 Å². The molecule has 0 aromatic heterocycles. The number of benzene rings is 1. The summed E-state index contributed by atoms with van der Waals surface area (Å²) in [6, 6.07) is 9.36. The Hall–Kier alpha value is 0.160. The minimum absolute atomic E-state index is 0. The molecule has 1 aromatic rings. The van der Waals surface area contributed by atoms with Crippen molar-refractivity contribution >= 4 is 35.0 Å². The Morgan fingerprint density at radius 3 is 2.58 bits per heavy atom. The van der Waals surface area contributed by atoms with Crippen LogP contribution in [0.25, 0.3) is 0 Å². The van der Waals surface area contributed by atoms with E-state index >= 15 is 0 Å². The summed E-state index contributed by atoms with van der Waals surface area (Å²) in [5, 5.41) is 0. The lowest BCUT2D eigenvalue weighted by Crippen LogP contribution is -2.38. The summed E-state index contributed by atoms with van der Waals surface area (Å²) >= 11 is 2.36. The van der Waals surface area contributed by atoms with Gasteiger partial charge in [0.2, 0.25) is 0 Å². The van der Waals surface area contributed by atoms with Crippen LogP contribution in [0.1, 0.15) is 24.8 Å². The normalized spacial score (nSPS) is 30.7. The predicted octanol–water partition coefficient (Wildman–Crippen LogP) is 3.27. The van der Waals surface area contributed by atoms with Crippen LogP contribution in [0.5, 0.6) is 0 Å². The zero-order valence-corrected chi connectivity index (χ0v) is 14.1. The van der Waals surface area contributed by atoms with Crippen LogP contribution in [-0.4, -0.2) is 24.0 Å². The van der Waals surface area contributed by atoms with Crippen LogP contribution >= 0.6 is 35.0 Å². The first kappa shape index (κ1) is 15.5. The first-order valence-corrected chi connectivity index (χ1v) is 8.02. The third-order valence-corrected chi connectivity index (χ3v) is 5.27. The van der Waals surface area contributed by atoms with E-state index in [-0.39, 0.29) is 12.4 Å². The van der Waals surface area contributed by atoms with Crippen LogP contribution in [0, 0.1) is 15.4 Å². The van der Waals surface area contributed by atoms with Crippen LogP contribution in [0.2, 0.25) is 0 Å². The third-order valence-electron chi connectivity index (χ3n) is 4.55. The molecule has 0 bridgehead atoms. The van der Waals surface area contributed by atoms with Crippen LogP contribution < -0.4 is 5.73 Å². The first-order valence-electron chi connectivity index (χ1n) is 6.95. The molecule has 2 nitrogen and oxygen atoms in total. The topological polar surface area (TPSA) is 29.3 Å². The molecular formula is C15H22ClIN2. The Bertz CT molecular complexity index is 409. The van der Waals surface area contributed by atoms with Crippen LogP contribution in [-0.2, 0) is 6.54 Å². The standard InChI is InChI=1S/C15H21IN2.ClH/c16-13-6-4-11(5-7-13)8-18-9-12-2-1-3-15(17)14(12)10-18;/h4-7,12,14-15H,1-3,8-10,17H2;1H. The fraction of sp³-hybridized carbons (Fsp3) is 0.600. The van der Waals surface area contributed by atoms with E-state index in [9.17, 15) is 0 Å². The highest BCUT2D eigenvalue weighted by atomic mass is 127. The van der Waals surface area contributed by atoms with E-state index in [2.05, 4.69) is 51.8 Å². The molecule has 1 saturated carbocycles. The van der Waals surface area contributed by atoms with E-state index < -0.39 is 0 Å². The van der Waals surface area contributed by atoms with Crippen molar-refractivity contribution in [3.05, 3.63) is 33.4 Å². The van der Waals surface area contributed by atoms with Gasteiger partial charge in [0.1, 0.15) is 0 Å². The molecule has 0 radical (unpaired) electrons. The van der Waals surface area contributed by atoms with E-state index in [1.54, 1.807) is 0 Å². The highest BCUT2D eigenvalue weighted by Crippen LogP contribution is 2.36. The summed E-state index contributed by atoms with van der Waals surface area (Å²) in [6.07, 6.45) is 3.96. The summed E-state index contributed by atoms with van der Waals surface area (Å²) in [7, 11) is 0. The van der Waals surface area contributed by atoms with E-state index in [1.807, 2.05) is 0 Å². The molecule has 1 heterocycles. The smallest absolute Gasteiger partial charge is 0.0233 e. The zero-order valence-electron chi connectivity index (χ0n) is 11.1. The average molecular weight is 393 g/mol. The van der Waals surface area contributed by atoms with Gasteiger partial charge in [0.05, 0.1) is 0 Å². The summed E-state index contributed by atoms with van der Waals surface area (Å²) < 4.78 is 1.31. The Kier molecular flexibility index (Phi) is 5.52. The number of nitrogens with zero attached hydrogens (tertiary/aromatic N) is 1. The molecule has 1 aliphatic carbocycles. The fourth-order valence-corrected chi connectivity index (χ4v) is 3.95. The van der Waals surface area contributed by atoms with Crippen molar-refractivity contribution in [3.63, 3.8) is 0 Å². The summed E-state index contributed by atoms with van der Waals surface area (Å²) in [6.45, 7) is 3.55. The summed E-state index contributed by atoms with van der Waals surface area (Å²) in [5.74, 6) is 1.61. The maximum Gasteiger partial charge on any atom is 0.0233 e. The zero-order chi connectivity index (χ0) is 12.5. The molecule has 1 aromatic carbocycles. The third kappa shape index (κ3) is 3.63. The van der Waals surface area contributed by atoms with Gasteiger partial charge in [0.15, 0.2) is 0 Å². The number of rotatable bonds is 2. The maximum atomic E-state index is 6.27. The lowest BCUT2D eigenvalue weighted by Gasteiger charge is -2.29. The van der Waals surface area contributed by atoms with Crippen molar-refractivity contribution in [3.8, 4) is 0 Å². The Morgan fingerprint density at radius 2 is 1.89 bits per heavy atom. The van der Waals surface area contributed by atoms with Gasteiger partial charge >= 0.3 is 0 Å². The molecule has 2 aliphatic rings.